The van der Waals surface area contributed by atoms with Crippen LogP contribution in [0, 0.1) is 5.92 Å². The summed E-state index contributed by atoms with van der Waals surface area (Å²) >= 11 is 0. The quantitative estimate of drug-likeness (QED) is 0.509. The monoisotopic (exact) mass is 524 g/mol. The first-order valence-electron chi connectivity index (χ1n) is 12.5. The molecule has 1 fully saturated rings. The normalized spacial score (nSPS) is 18.4. The van der Waals surface area contributed by atoms with E-state index in [1.165, 1.54) is 12.1 Å². The molecule has 200 valence electrons. The van der Waals surface area contributed by atoms with Crippen LogP contribution < -0.4 is 21.9 Å². The number of nitrogens with two attached hydrogens (primary N) is 1. The van der Waals surface area contributed by atoms with Gasteiger partial charge in [0, 0.05) is 30.4 Å². The van der Waals surface area contributed by atoms with Crippen molar-refractivity contribution in [3.63, 3.8) is 0 Å². The van der Waals surface area contributed by atoms with Gasteiger partial charge in [0.2, 0.25) is 0 Å². The molecule has 4 rings (SSSR count). The summed E-state index contributed by atoms with van der Waals surface area (Å²) in [6.07, 6.45) is 8.95. The van der Waals surface area contributed by atoms with Gasteiger partial charge in [-0.1, -0.05) is 36.9 Å². The number of carbonyl (C=O) groups excluding carboxylic acids is 1. The first-order chi connectivity index (χ1) is 18.3. The lowest BCUT2D eigenvalue weighted by atomic mass is 10.0. The van der Waals surface area contributed by atoms with Crippen LogP contribution in [0.3, 0.4) is 0 Å². The van der Waals surface area contributed by atoms with Crippen molar-refractivity contribution in [3.05, 3.63) is 89.2 Å². The first kappa shape index (κ1) is 27.1. The maximum absolute atomic E-state index is 13.0. The second-order valence-electron chi connectivity index (χ2n) is 9.23. The molecule has 1 atom stereocenters. The number of nitrogens with zero attached hydrogens (tertiary/aromatic N) is 3. The minimum absolute atomic E-state index is 0.0973. The molecule has 1 aliphatic heterocycles. The fourth-order valence-corrected chi connectivity index (χ4v) is 4.42. The van der Waals surface area contributed by atoms with Gasteiger partial charge in [0.25, 0.3) is 5.91 Å². The number of halogens is 3. The molecule has 1 aromatic heterocycles. The number of hydrogen-bond donors (Lipinski definition) is 3. The topological polar surface area (TPSA) is 97.3 Å². The Labute approximate surface area is 219 Å². The number of carbonyl (C=O) groups is 1. The predicted molar refractivity (Wildman–Crippen MR) is 142 cm³/mol. The van der Waals surface area contributed by atoms with E-state index >= 15 is 0 Å². The van der Waals surface area contributed by atoms with Crippen molar-refractivity contribution in [2.24, 2.45) is 10.9 Å². The maximum Gasteiger partial charge on any atom is 0.416 e. The molecule has 2 aliphatic rings. The molecule has 10 heteroatoms. The first-order valence-corrected chi connectivity index (χ1v) is 12.5. The van der Waals surface area contributed by atoms with Crippen molar-refractivity contribution in [2.45, 2.75) is 32.0 Å². The van der Waals surface area contributed by atoms with Crippen molar-refractivity contribution in [2.75, 3.05) is 25.4 Å². The standard InChI is InChI=1S/C28H31F3N6O/c1-2-37-24(18-34-25(32)26(37)35-17-20-6-5-13-33-15-20)21-7-3-4-8-22(14-21)27(38)36-16-19-9-11-23(12-10-19)28(29,30)31/h2-3,7-12,14,18,20,33H,1,4-6,13,15-17H2,(H2,32,34)(H,36,38). The van der Waals surface area contributed by atoms with E-state index in [1.807, 2.05) is 12.2 Å². The third-order valence-electron chi connectivity index (χ3n) is 6.50. The highest BCUT2D eigenvalue weighted by Gasteiger charge is 2.29. The number of anilines is 1. The number of piperidine rings is 1. The third-order valence-corrected chi connectivity index (χ3v) is 6.50. The van der Waals surface area contributed by atoms with Crippen molar-refractivity contribution in [1.82, 2.24) is 20.2 Å². The van der Waals surface area contributed by atoms with Crippen LogP contribution in [0.5, 0.6) is 0 Å². The molecule has 38 heavy (non-hydrogen) atoms. The fourth-order valence-electron chi connectivity index (χ4n) is 4.42. The number of alkyl halides is 3. The summed E-state index contributed by atoms with van der Waals surface area (Å²) in [6, 6.07) is 4.72. The molecule has 1 saturated heterocycles. The van der Waals surface area contributed by atoms with E-state index in [1.54, 1.807) is 29.1 Å². The highest BCUT2D eigenvalue weighted by molar-refractivity contribution is 5.99. The Kier molecular flexibility index (Phi) is 8.62. The second-order valence-corrected chi connectivity index (χ2v) is 9.23. The SMILES string of the molecule is C=Cn1c(C2=CC(C(=O)NCc3ccc(C(F)(F)F)cc3)=CCC=C2)cnc(N)c1=NCC1CCCNC1. The molecule has 1 aromatic carbocycles. The Morgan fingerprint density at radius 2 is 2.11 bits per heavy atom. The van der Waals surface area contributed by atoms with E-state index in [0.29, 0.717) is 47.0 Å². The summed E-state index contributed by atoms with van der Waals surface area (Å²) in [5.74, 6) is 0.375. The van der Waals surface area contributed by atoms with E-state index in [9.17, 15) is 18.0 Å². The van der Waals surface area contributed by atoms with Crippen LogP contribution in [0.25, 0.3) is 11.8 Å². The number of nitrogens with one attached hydrogen (secondary N) is 2. The summed E-state index contributed by atoms with van der Waals surface area (Å²) in [5.41, 5.74) is 8.35. The average Bonchev–Trinajstić information content (AvgIpc) is 3.17. The van der Waals surface area contributed by atoms with Crippen LogP contribution in [0.4, 0.5) is 19.0 Å². The number of amides is 1. The molecule has 2 heterocycles. The lowest BCUT2D eigenvalue weighted by Crippen LogP contribution is -2.32. The van der Waals surface area contributed by atoms with Crippen LogP contribution in [0.1, 0.15) is 36.1 Å². The highest BCUT2D eigenvalue weighted by atomic mass is 19.4. The van der Waals surface area contributed by atoms with Gasteiger partial charge < -0.3 is 16.4 Å². The lowest BCUT2D eigenvalue weighted by molar-refractivity contribution is -0.137. The van der Waals surface area contributed by atoms with Gasteiger partial charge in [0.05, 0.1) is 17.5 Å². The highest BCUT2D eigenvalue weighted by Crippen LogP contribution is 2.29. The van der Waals surface area contributed by atoms with Gasteiger partial charge >= 0.3 is 6.18 Å². The van der Waals surface area contributed by atoms with Gasteiger partial charge in [-0.2, -0.15) is 13.2 Å². The number of rotatable bonds is 7. The molecule has 1 amide bonds. The molecule has 1 unspecified atom stereocenters. The molecular weight excluding hydrogens is 493 g/mol. The van der Waals surface area contributed by atoms with E-state index in [4.69, 9.17) is 10.7 Å². The van der Waals surface area contributed by atoms with E-state index in [-0.39, 0.29) is 12.5 Å². The average molecular weight is 525 g/mol. The third kappa shape index (κ3) is 6.69. The molecular formula is C28H31F3N6O. The van der Waals surface area contributed by atoms with Gasteiger partial charge in [0.1, 0.15) is 0 Å². The van der Waals surface area contributed by atoms with Gasteiger partial charge in [-0.3, -0.25) is 14.4 Å². The number of allylic oxidation sites excluding steroid dienone is 4. The van der Waals surface area contributed by atoms with Crippen molar-refractivity contribution < 1.29 is 18.0 Å². The Hall–Kier alpha value is -3.92. The Bertz CT molecular complexity index is 1330. The van der Waals surface area contributed by atoms with Gasteiger partial charge in [-0.15, -0.1) is 0 Å². The number of benzene rings is 1. The van der Waals surface area contributed by atoms with Gasteiger partial charge in [-0.05, 0) is 62.0 Å². The minimum Gasteiger partial charge on any atom is -0.381 e. The van der Waals surface area contributed by atoms with Gasteiger partial charge in [0.15, 0.2) is 11.3 Å². The molecule has 0 spiro atoms. The summed E-state index contributed by atoms with van der Waals surface area (Å²) in [7, 11) is 0. The van der Waals surface area contributed by atoms with Gasteiger partial charge in [-0.25, -0.2) is 4.98 Å². The Balaban J connectivity index is 1.54. The molecule has 0 radical (unpaired) electrons. The van der Waals surface area contributed by atoms with Crippen LogP contribution >= 0.6 is 0 Å². The van der Waals surface area contributed by atoms with Crippen LogP contribution in [-0.2, 0) is 17.5 Å². The van der Waals surface area contributed by atoms with E-state index < -0.39 is 11.7 Å². The molecule has 0 bridgehead atoms. The summed E-state index contributed by atoms with van der Waals surface area (Å²) in [4.78, 5) is 22.1. The largest absolute Gasteiger partial charge is 0.416 e. The summed E-state index contributed by atoms with van der Waals surface area (Å²) in [6.45, 7) is 6.58. The second kappa shape index (κ2) is 12.1. The van der Waals surface area contributed by atoms with Crippen molar-refractivity contribution >= 4 is 23.5 Å². The van der Waals surface area contributed by atoms with E-state index in [0.717, 1.165) is 43.6 Å². The number of aromatic nitrogens is 2. The molecule has 0 saturated carbocycles. The number of hydrogen-bond acceptors (Lipinski definition) is 5. The fraction of sp³-hybridized carbons (Fsp3) is 0.321. The predicted octanol–water partition coefficient (Wildman–Crippen LogP) is 4.07. The van der Waals surface area contributed by atoms with Crippen molar-refractivity contribution in [1.29, 1.82) is 0 Å². The zero-order chi connectivity index (χ0) is 27.1. The Morgan fingerprint density at radius 1 is 1.32 bits per heavy atom. The molecule has 2 aromatic rings. The zero-order valence-electron chi connectivity index (χ0n) is 21.0. The molecule has 1 aliphatic carbocycles. The van der Waals surface area contributed by atoms with Crippen LogP contribution in [-0.4, -0.2) is 35.1 Å². The van der Waals surface area contributed by atoms with Crippen molar-refractivity contribution in [3.8, 4) is 0 Å². The maximum atomic E-state index is 13.0. The minimum atomic E-state index is -4.40. The summed E-state index contributed by atoms with van der Waals surface area (Å²) < 4.78 is 40.2. The number of nitrogen functional groups attached to an aromatic ring is 1. The van der Waals surface area contributed by atoms with Crippen LogP contribution in [0.2, 0.25) is 0 Å². The molecule has 7 nitrogen and oxygen atoms in total. The van der Waals surface area contributed by atoms with E-state index in [2.05, 4.69) is 22.2 Å². The smallest absolute Gasteiger partial charge is 0.381 e. The zero-order valence-corrected chi connectivity index (χ0v) is 21.0. The lowest BCUT2D eigenvalue weighted by Gasteiger charge is -2.21. The summed E-state index contributed by atoms with van der Waals surface area (Å²) in [5, 5.41) is 6.17. The molecule has 4 N–H and O–H groups in total. The Morgan fingerprint density at radius 3 is 2.79 bits per heavy atom. The van der Waals surface area contributed by atoms with Crippen LogP contribution in [0.15, 0.2) is 71.9 Å².